The van der Waals surface area contributed by atoms with Gasteiger partial charge in [0.15, 0.2) is 0 Å². The highest BCUT2D eigenvalue weighted by Crippen LogP contribution is 2.20. The Bertz CT molecular complexity index is 575. The third kappa shape index (κ3) is 2.22. The first-order valence-corrected chi connectivity index (χ1v) is 5.63. The summed E-state index contributed by atoms with van der Waals surface area (Å²) < 4.78 is 17.6. The number of rotatable bonds is 3. The molecular weight excluding hydrogens is 237 g/mol. The SMILES string of the molecule is O=C(NC1CC1)c1nc(-c2ccc(F)cc2)no1. The van der Waals surface area contributed by atoms with Gasteiger partial charge in [-0.15, -0.1) is 0 Å². The molecule has 2 aromatic rings. The zero-order chi connectivity index (χ0) is 12.5. The van der Waals surface area contributed by atoms with Crippen LogP contribution in [0.2, 0.25) is 0 Å². The van der Waals surface area contributed by atoms with Crippen LogP contribution in [0.5, 0.6) is 0 Å². The monoisotopic (exact) mass is 247 g/mol. The molecule has 0 saturated heterocycles. The zero-order valence-electron chi connectivity index (χ0n) is 9.39. The van der Waals surface area contributed by atoms with Crippen LogP contribution in [0.25, 0.3) is 11.4 Å². The Hall–Kier alpha value is -2.24. The van der Waals surface area contributed by atoms with Gasteiger partial charge in [-0.25, -0.2) is 4.39 Å². The second kappa shape index (κ2) is 4.21. The van der Waals surface area contributed by atoms with Crippen LogP contribution in [0.1, 0.15) is 23.5 Å². The summed E-state index contributed by atoms with van der Waals surface area (Å²) in [5, 5.41) is 6.44. The number of carbonyl (C=O) groups excluding carboxylic acids is 1. The standard InChI is InChI=1S/C12H10FN3O2/c13-8-3-1-7(2-4-8)10-15-12(18-16-10)11(17)14-9-5-6-9/h1-4,9H,5-6H2,(H,14,17). The van der Waals surface area contributed by atoms with Gasteiger partial charge in [-0.1, -0.05) is 5.16 Å². The van der Waals surface area contributed by atoms with Gasteiger partial charge in [0.05, 0.1) is 0 Å². The smallest absolute Gasteiger partial charge is 0.316 e. The molecule has 1 aromatic heterocycles. The van der Waals surface area contributed by atoms with E-state index in [1.54, 1.807) is 0 Å². The van der Waals surface area contributed by atoms with E-state index in [2.05, 4.69) is 15.5 Å². The fraction of sp³-hybridized carbons (Fsp3) is 0.250. The fourth-order valence-corrected chi connectivity index (χ4v) is 1.51. The molecule has 6 heteroatoms. The predicted molar refractivity (Wildman–Crippen MR) is 60.2 cm³/mol. The van der Waals surface area contributed by atoms with Gasteiger partial charge in [0.25, 0.3) is 0 Å². The van der Waals surface area contributed by atoms with Crippen LogP contribution in [0.15, 0.2) is 28.8 Å². The topological polar surface area (TPSA) is 68.0 Å². The van der Waals surface area contributed by atoms with Crippen LogP contribution >= 0.6 is 0 Å². The van der Waals surface area contributed by atoms with E-state index in [0.29, 0.717) is 5.56 Å². The first-order chi connectivity index (χ1) is 8.72. The average Bonchev–Trinajstić information content (AvgIpc) is 3.04. The third-order valence-electron chi connectivity index (χ3n) is 2.64. The summed E-state index contributed by atoms with van der Waals surface area (Å²) in [5.41, 5.74) is 0.602. The van der Waals surface area contributed by atoms with Gasteiger partial charge in [-0.3, -0.25) is 4.79 Å². The number of amides is 1. The van der Waals surface area contributed by atoms with E-state index >= 15 is 0 Å². The number of hydrogen-bond acceptors (Lipinski definition) is 4. The summed E-state index contributed by atoms with van der Waals surface area (Å²) in [6, 6.07) is 5.90. The normalized spacial score (nSPS) is 14.5. The molecule has 0 aliphatic heterocycles. The molecule has 1 aliphatic rings. The molecule has 1 amide bonds. The highest BCUT2D eigenvalue weighted by molar-refractivity contribution is 5.90. The van der Waals surface area contributed by atoms with Crippen LogP contribution in [0, 0.1) is 5.82 Å². The molecule has 1 heterocycles. The van der Waals surface area contributed by atoms with Crippen LogP contribution in [-0.2, 0) is 0 Å². The second-order valence-electron chi connectivity index (χ2n) is 4.18. The lowest BCUT2D eigenvalue weighted by molar-refractivity contribution is 0.0907. The molecule has 1 fully saturated rings. The van der Waals surface area contributed by atoms with E-state index in [-0.39, 0.29) is 29.5 Å². The van der Waals surface area contributed by atoms with E-state index in [0.717, 1.165) is 12.8 Å². The molecule has 0 atom stereocenters. The largest absolute Gasteiger partial charge is 0.345 e. The van der Waals surface area contributed by atoms with E-state index in [1.807, 2.05) is 0 Å². The summed E-state index contributed by atoms with van der Waals surface area (Å²) in [6.45, 7) is 0. The van der Waals surface area contributed by atoms with Gasteiger partial charge in [0.1, 0.15) is 5.82 Å². The molecule has 0 unspecified atom stereocenters. The van der Waals surface area contributed by atoms with Crippen LogP contribution in [0.4, 0.5) is 4.39 Å². The van der Waals surface area contributed by atoms with Crippen molar-refractivity contribution >= 4 is 5.91 Å². The molecule has 3 rings (SSSR count). The number of nitrogens with zero attached hydrogens (tertiary/aromatic N) is 2. The van der Waals surface area contributed by atoms with Gasteiger partial charge >= 0.3 is 11.8 Å². The van der Waals surface area contributed by atoms with E-state index in [4.69, 9.17) is 4.52 Å². The lowest BCUT2D eigenvalue weighted by Gasteiger charge is -1.95. The predicted octanol–water partition coefficient (Wildman–Crippen LogP) is 1.77. The summed E-state index contributed by atoms with van der Waals surface area (Å²) in [5.74, 6) is -0.496. The Morgan fingerprint density at radius 1 is 1.33 bits per heavy atom. The summed E-state index contributed by atoms with van der Waals surface area (Å²) in [7, 11) is 0. The average molecular weight is 247 g/mol. The van der Waals surface area contributed by atoms with Crippen molar-refractivity contribution in [3.63, 3.8) is 0 Å². The molecular formula is C12H10FN3O2. The number of benzene rings is 1. The molecule has 1 saturated carbocycles. The van der Waals surface area contributed by atoms with Crippen molar-refractivity contribution in [3.05, 3.63) is 36.0 Å². The molecule has 1 N–H and O–H groups in total. The maximum Gasteiger partial charge on any atom is 0.316 e. The van der Waals surface area contributed by atoms with Gasteiger partial charge in [0, 0.05) is 11.6 Å². The zero-order valence-corrected chi connectivity index (χ0v) is 9.39. The molecule has 0 spiro atoms. The highest BCUT2D eigenvalue weighted by Gasteiger charge is 2.26. The lowest BCUT2D eigenvalue weighted by Crippen LogP contribution is -2.25. The van der Waals surface area contributed by atoms with Crippen molar-refractivity contribution in [2.75, 3.05) is 0 Å². The summed E-state index contributed by atoms with van der Waals surface area (Å²) in [6.07, 6.45) is 1.98. The first-order valence-electron chi connectivity index (χ1n) is 5.63. The third-order valence-corrected chi connectivity index (χ3v) is 2.64. The molecule has 1 aliphatic carbocycles. The molecule has 5 nitrogen and oxygen atoms in total. The molecule has 1 aromatic carbocycles. The quantitative estimate of drug-likeness (QED) is 0.897. The molecule has 18 heavy (non-hydrogen) atoms. The summed E-state index contributed by atoms with van der Waals surface area (Å²) >= 11 is 0. The van der Waals surface area contributed by atoms with E-state index in [1.165, 1.54) is 24.3 Å². The van der Waals surface area contributed by atoms with Crippen LogP contribution in [0.3, 0.4) is 0 Å². The maximum absolute atomic E-state index is 12.8. The van der Waals surface area contributed by atoms with Crippen LogP contribution in [-0.4, -0.2) is 22.1 Å². The highest BCUT2D eigenvalue weighted by atomic mass is 19.1. The van der Waals surface area contributed by atoms with Crippen LogP contribution < -0.4 is 5.32 Å². The Kier molecular flexibility index (Phi) is 2.55. The second-order valence-corrected chi connectivity index (χ2v) is 4.18. The number of hydrogen-bond donors (Lipinski definition) is 1. The molecule has 0 bridgehead atoms. The number of carbonyl (C=O) groups is 1. The molecule has 92 valence electrons. The van der Waals surface area contributed by atoms with Crippen molar-refractivity contribution < 1.29 is 13.7 Å². The minimum absolute atomic E-state index is 0.0683. The Morgan fingerprint density at radius 3 is 2.72 bits per heavy atom. The van der Waals surface area contributed by atoms with Crippen molar-refractivity contribution in [2.45, 2.75) is 18.9 Å². The maximum atomic E-state index is 12.8. The minimum Gasteiger partial charge on any atom is -0.345 e. The molecule has 0 radical (unpaired) electrons. The number of halogens is 1. The van der Waals surface area contributed by atoms with E-state index < -0.39 is 0 Å². The lowest BCUT2D eigenvalue weighted by atomic mass is 10.2. The van der Waals surface area contributed by atoms with Crippen molar-refractivity contribution in [3.8, 4) is 11.4 Å². The van der Waals surface area contributed by atoms with E-state index in [9.17, 15) is 9.18 Å². The van der Waals surface area contributed by atoms with Gasteiger partial charge < -0.3 is 9.84 Å². The fourth-order valence-electron chi connectivity index (χ4n) is 1.51. The Labute approximate surface area is 102 Å². The Morgan fingerprint density at radius 2 is 2.06 bits per heavy atom. The summed E-state index contributed by atoms with van der Waals surface area (Å²) in [4.78, 5) is 15.6. The van der Waals surface area contributed by atoms with Gasteiger partial charge in [-0.05, 0) is 37.1 Å². The van der Waals surface area contributed by atoms with Crippen molar-refractivity contribution in [1.29, 1.82) is 0 Å². The number of aromatic nitrogens is 2. The Balaban J connectivity index is 1.79. The van der Waals surface area contributed by atoms with Crippen molar-refractivity contribution in [2.24, 2.45) is 0 Å². The first kappa shape index (κ1) is 10.9. The minimum atomic E-state index is -0.363. The van der Waals surface area contributed by atoms with Gasteiger partial charge in [0.2, 0.25) is 5.82 Å². The van der Waals surface area contributed by atoms with Crippen molar-refractivity contribution in [1.82, 2.24) is 15.5 Å². The number of nitrogens with one attached hydrogen (secondary N) is 1. The van der Waals surface area contributed by atoms with Gasteiger partial charge in [-0.2, -0.15) is 4.98 Å².